The lowest BCUT2D eigenvalue weighted by atomic mass is 9.96. The fraction of sp³-hybridized carbons (Fsp3) is 0.877. The van der Waals surface area contributed by atoms with E-state index in [1.165, 1.54) is 180 Å². The first-order valence-corrected chi connectivity index (χ1v) is 36.9. The smallest absolute Gasteiger partial charge is 0.220 e. The topological polar surface area (TPSA) is 307 Å². The molecule has 92 heavy (non-hydrogen) atoms. The number of allylic oxidation sites excluding steroid dienone is 7. The number of nitrogens with one attached hydrogen (secondary N) is 1. The molecule has 0 radical (unpaired) electrons. The molecule has 19 heteroatoms. The Bertz CT molecular complexity index is 1860. The summed E-state index contributed by atoms with van der Waals surface area (Å²) in [6.07, 6.45) is 39.7. The van der Waals surface area contributed by atoms with Crippen LogP contribution in [0.25, 0.3) is 0 Å². The summed E-state index contributed by atoms with van der Waals surface area (Å²) in [7, 11) is 0. The van der Waals surface area contributed by atoms with Gasteiger partial charge in [0.15, 0.2) is 18.9 Å². The summed E-state index contributed by atoms with van der Waals surface area (Å²) in [4.78, 5) is 13.4. The number of hydrogen-bond donors (Lipinski definition) is 12. The second-order valence-electron chi connectivity index (χ2n) is 26.4. The highest BCUT2D eigenvalue weighted by molar-refractivity contribution is 5.76. The van der Waals surface area contributed by atoms with Crippen LogP contribution in [-0.4, -0.2) is 193 Å². The van der Waals surface area contributed by atoms with Crippen LogP contribution < -0.4 is 5.32 Å². The SMILES string of the molecule is CCCCCCCCC/C=C\CCCCCCCC(=O)NC(COC1OC(CO)C(OC2OC(CO)C(OC3OC(CO)C(O)C(O)C3O)C(O)C2O)C(O)C1O)C(O)/C=C/CC/C=C/CC/C=C/CCCCCCCCCCCCCCCCCCCCCCC. The maximum absolute atomic E-state index is 13.4. The van der Waals surface area contributed by atoms with Crippen molar-refractivity contribution in [3.63, 3.8) is 0 Å². The minimum Gasteiger partial charge on any atom is -0.394 e. The molecule has 3 aliphatic heterocycles. The van der Waals surface area contributed by atoms with Gasteiger partial charge in [-0.1, -0.05) is 249 Å². The molecule has 0 bridgehead atoms. The van der Waals surface area contributed by atoms with Crippen molar-refractivity contribution in [1.29, 1.82) is 0 Å². The number of ether oxygens (including phenoxy) is 6. The quantitative estimate of drug-likeness (QED) is 0.0199. The van der Waals surface area contributed by atoms with E-state index in [4.69, 9.17) is 28.4 Å². The molecule has 17 atom stereocenters. The Labute approximate surface area is 554 Å². The molecule has 12 N–H and O–H groups in total. The van der Waals surface area contributed by atoms with Crippen LogP contribution in [0, 0.1) is 0 Å². The third-order valence-electron chi connectivity index (χ3n) is 18.3. The molecule has 3 heterocycles. The van der Waals surface area contributed by atoms with Crippen molar-refractivity contribution in [2.75, 3.05) is 26.4 Å². The minimum absolute atomic E-state index is 0.222. The summed E-state index contributed by atoms with van der Waals surface area (Å²) >= 11 is 0. The average Bonchev–Trinajstić information content (AvgIpc) is 0.808. The van der Waals surface area contributed by atoms with Crippen molar-refractivity contribution in [3.05, 3.63) is 48.6 Å². The molecule has 3 saturated heterocycles. The zero-order valence-electron chi connectivity index (χ0n) is 57.0. The van der Waals surface area contributed by atoms with Gasteiger partial charge in [-0.15, -0.1) is 0 Å². The van der Waals surface area contributed by atoms with Crippen LogP contribution in [0.2, 0.25) is 0 Å². The first kappa shape index (κ1) is 84.0. The first-order chi connectivity index (χ1) is 44.8. The van der Waals surface area contributed by atoms with E-state index in [1.807, 2.05) is 6.08 Å². The van der Waals surface area contributed by atoms with Crippen LogP contribution in [0.4, 0.5) is 0 Å². The molecule has 19 nitrogen and oxygen atoms in total. The molecule has 17 unspecified atom stereocenters. The van der Waals surface area contributed by atoms with Gasteiger partial charge in [0.25, 0.3) is 0 Å². The van der Waals surface area contributed by atoms with E-state index < -0.39 is 124 Å². The Kier molecular flexibility index (Phi) is 50.0. The van der Waals surface area contributed by atoms with Crippen LogP contribution in [0.5, 0.6) is 0 Å². The molecule has 0 aromatic carbocycles. The number of unbranched alkanes of at least 4 members (excludes halogenated alkanes) is 35. The van der Waals surface area contributed by atoms with Crippen molar-refractivity contribution in [3.8, 4) is 0 Å². The summed E-state index contributed by atoms with van der Waals surface area (Å²) in [6, 6.07) is -1.00. The largest absolute Gasteiger partial charge is 0.394 e. The van der Waals surface area contributed by atoms with E-state index >= 15 is 0 Å². The van der Waals surface area contributed by atoms with Gasteiger partial charge in [-0.3, -0.25) is 4.79 Å². The van der Waals surface area contributed by atoms with Crippen LogP contribution in [-0.2, 0) is 33.2 Å². The number of carbonyl (C=O) groups excluding carboxylic acids is 1. The van der Waals surface area contributed by atoms with Gasteiger partial charge < -0.3 is 89.9 Å². The van der Waals surface area contributed by atoms with E-state index in [2.05, 4.69) is 55.6 Å². The molecule has 0 aliphatic carbocycles. The molecule has 0 saturated carbocycles. The predicted octanol–water partition coefficient (Wildman–Crippen LogP) is 10.6. The first-order valence-electron chi connectivity index (χ1n) is 36.9. The van der Waals surface area contributed by atoms with Gasteiger partial charge in [0.05, 0.1) is 38.6 Å². The molecular formula is C73H133NO18. The maximum atomic E-state index is 13.4. The van der Waals surface area contributed by atoms with Gasteiger partial charge >= 0.3 is 0 Å². The number of amides is 1. The third-order valence-corrected chi connectivity index (χ3v) is 18.3. The zero-order valence-corrected chi connectivity index (χ0v) is 57.0. The van der Waals surface area contributed by atoms with E-state index in [0.29, 0.717) is 12.8 Å². The molecular weight excluding hydrogens is 1180 g/mol. The van der Waals surface area contributed by atoms with Gasteiger partial charge in [0, 0.05) is 6.42 Å². The van der Waals surface area contributed by atoms with Gasteiger partial charge in [0.1, 0.15) is 73.2 Å². The number of aliphatic hydroxyl groups excluding tert-OH is 11. The second-order valence-corrected chi connectivity index (χ2v) is 26.4. The highest BCUT2D eigenvalue weighted by atomic mass is 16.8. The van der Waals surface area contributed by atoms with Crippen molar-refractivity contribution >= 4 is 5.91 Å². The van der Waals surface area contributed by atoms with Crippen LogP contribution in [0.15, 0.2) is 48.6 Å². The Morgan fingerprint density at radius 3 is 1.09 bits per heavy atom. The fourth-order valence-corrected chi connectivity index (χ4v) is 12.3. The molecule has 0 aromatic rings. The highest BCUT2D eigenvalue weighted by Crippen LogP contribution is 2.33. The lowest BCUT2D eigenvalue weighted by Gasteiger charge is -2.48. The van der Waals surface area contributed by atoms with Crippen LogP contribution in [0.3, 0.4) is 0 Å². The monoisotopic (exact) mass is 1310 g/mol. The minimum atomic E-state index is -1.98. The van der Waals surface area contributed by atoms with Gasteiger partial charge in [-0.05, 0) is 70.6 Å². The van der Waals surface area contributed by atoms with Gasteiger partial charge in [-0.25, -0.2) is 0 Å². The van der Waals surface area contributed by atoms with Crippen molar-refractivity contribution in [2.24, 2.45) is 0 Å². The molecule has 0 aromatic heterocycles. The molecule has 0 spiro atoms. The average molecular weight is 1310 g/mol. The van der Waals surface area contributed by atoms with Gasteiger partial charge in [0.2, 0.25) is 5.91 Å². The van der Waals surface area contributed by atoms with E-state index in [-0.39, 0.29) is 18.9 Å². The third kappa shape index (κ3) is 35.8. The van der Waals surface area contributed by atoms with E-state index in [1.54, 1.807) is 6.08 Å². The normalized spacial score (nSPS) is 27.9. The predicted molar refractivity (Wildman–Crippen MR) is 360 cm³/mol. The van der Waals surface area contributed by atoms with Crippen molar-refractivity contribution < 1.29 is 89.4 Å². The Hall–Kier alpha value is -2.25. The maximum Gasteiger partial charge on any atom is 0.220 e. The fourth-order valence-electron chi connectivity index (χ4n) is 12.3. The Balaban J connectivity index is 1.41. The van der Waals surface area contributed by atoms with Crippen LogP contribution >= 0.6 is 0 Å². The Morgan fingerprint density at radius 1 is 0.380 bits per heavy atom. The standard InChI is InChI=1S/C73H133NO18/c1-3-5-7-9-11-13-15-17-19-21-22-23-24-25-26-27-28-29-30-31-32-33-34-35-36-38-40-42-44-46-48-50-57(78)56(74-61(79)51-49-47-45-43-41-39-37-20-18-16-14-12-10-8-6-4-2)55-87-71-67(85)64(82)69(59(53-76)89-71)92-73-68(86)65(83)70(60(54-77)90-73)91-72-66(84)63(81)62(80)58(52-75)88-72/h20,34-35,37,40,42,48,50,56-60,62-73,75-78,80-86H,3-19,21-33,36,38-39,41,43-47,49,51-55H2,1-2H3,(H,74,79)/b35-34+,37-20-,42-40+,50-48+. The lowest BCUT2D eigenvalue weighted by Crippen LogP contribution is -2.66. The van der Waals surface area contributed by atoms with Gasteiger partial charge in [-0.2, -0.15) is 0 Å². The molecule has 3 fully saturated rings. The molecule has 538 valence electrons. The number of carbonyl (C=O) groups is 1. The summed E-state index contributed by atoms with van der Waals surface area (Å²) in [6.45, 7) is 1.72. The summed E-state index contributed by atoms with van der Waals surface area (Å²) in [5, 5.41) is 121. The second kappa shape index (κ2) is 54.7. The van der Waals surface area contributed by atoms with E-state index in [9.17, 15) is 61.0 Å². The number of rotatable bonds is 57. The summed E-state index contributed by atoms with van der Waals surface area (Å²) in [5.74, 6) is -0.297. The summed E-state index contributed by atoms with van der Waals surface area (Å²) < 4.78 is 34.3. The molecule has 1 amide bonds. The lowest BCUT2D eigenvalue weighted by molar-refractivity contribution is -0.379. The van der Waals surface area contributed by atoms with Crippen molar-refractivity contribution in [2.45, 2.75) is 381 Å². The molecule has 3 rings (SSSR count). The number of aliphatic hydroxyl groups is 11. The zero-order chi connectivity index (χ0) is 66.8. The summed E-state index contributed by atoms with van der Waals surface area (Å²) in [5.41, 5.74) is 0. The van der Waals surface area contributed by atoms with Crippen molar-refractivity contribution in [1.82, 2.24) is 5.32 Å². The van der Waals surface area contributed by atoms with E-state index in [0.717, 1.165) is 64.2 Å². The molecule has 3 aliphatic rings. The van der Waals surface area contributed by atoms with Crippen LogP contribution in [0.1, 0.15) is 277 Å². The highest BCUT2D eigenvalue weighted by Gasteiger charge is 2.53. The number of hydrogen-bond acceptors (Lipinski definition) is 18. The Morgan fingerprint density at radius 2 is 0.696 bits per heavy atom.